The van der Waals surface area contributed by atoms with Gasteiger partial charge in [0.05, 0.1) is 5.02 Å². The zero-order valence-electron chi connectivity index (χ0n) is 17.9. The summed E-state index contributed by atoms with van der Waals surface area (Å²) in [5.74, 6) is 0.573. The molecule has 164 valence electrons. The molecule has 0 spiro atoms. The largest absolute Gasteiger partial charge is 0.489 e. The van der Waals surface area contributed by atoms with E-state index in [1.807, 2.05) is 36.1 Å². The number of ether oxygens (including phenoxy) is 1. The standard InChI is InChI=1S/C25H29ClN2O3/c1-17-5-4-6-19(15-17)25(30)28-13-11-21(12-14-28)31-23-10-9-18(16-22(23)26)24(29)27-20-7-2-3-8-20/h4-6,9-10,15-16,20-21H,2-3,7-8,11-14H2,1H3,(H,27,29). The second-order valence-electron chi connectivity index (χ2n) is 8.58. The van der Waals surface area contributed by atoms with E-state index in [2.05, 4.69) is 5.32 Å². The first-order chi connectivity index (χ1) is 15.0. The molecule has 6 heteroatoms. The molecule has 1 heterocycles. The third-order valence-corrected chi connectivity index (χ3v) is 6.47. The Labute approximate surface area is 188 Å². The molecule has 5 nitrogen and oxygen atoms in total. The van der Waals surface area contributed by atoms with Crippen molar-refractivity contribution in [1.29, 1.82) is 0 Å². The van der Waals surface area contributed by atoms with Gasteiger partial charge in [-0.05, 0) is 50.1 Å². The molecule has 4 rings (SSSR count). The Hall–Kier alpha value is -2.53. The van der Waals surface area contributed by atoms with Crippen LogP contribution in [0.15, 0.2) is 42.5 Å². The second kappa shape index (κ2) is 9.73. The number of nitrogens with one attached hydrogen (secondary N) is 1. The lowest BCUT2D eigenvalue weighted by Crippen LogP contribution is -2.41. The van der Waals surface area contributed by atoms with Crippen molar-refractivity contribution in [3.63, 3.8) is 0 Å². The van der Waals surface area contributed by atoms with Crippen molar-refractivity contribution in [2.24, 2.45) is 0 Å². The highest BCUT2D eigenvalue weighted by Gasteiger charge is 2.25. The fourth-order valence-corrected chi connectivity index (χ4v) is 4.62. The molecule has 1 saturated carbocycles. The van der Waals surface area contributed by atoms with Gasteiger partial charge in [0.15, 0.2) is 0 Å². The Morgan fingerprint density at radius 1 is 1.00 bits per heavy atom. The van der Waals surface area contributed by atoms with E-state index >= 15 is 0 Å². The van der Waals surface area contributed by atoms with Crippen molar-refractivity contribution in [2.75, 3.05) is 13.1 Å². The molecule has 31 heavy (non-hydrogen) atoms. The summed E-state index contributed by atoms with van der Waals surface area (Å²) in [5, 5.41) is 3.52. The summed E-state index contributed by atoms with van der Waals surface area (Å²) in [6.45, 7) is 3.29. The quantitative estimate of drug-likeness (QED) is 0.711. The van der Waals surface area contributed by atoms with Crippen molar-refractivity contribution in [1.82, 2.24) is 10.2 Å². The molecule has 0 radical (unpaired) electrons. The number of carbonyl (C=O) groups excluding carboxylic acids is 2. The van der Waals surface area contributed by atoms with E-state index in [0.717, 1.165) is 36.8 Å². The lowest BCUT2D eigenvalue weighted by molar-refractivity contribution is 0.0595. The first kappa shape index (κ1) is 21.7. The van der Waals surface area contributed by atoms with Gasteiger partial charge in [-0.3, -0.25) is 9.59 Å². The Kier molecular flexibility index (Phi) is 6.81. The van der Waals surface area contributed by atoms with Gasteiger partial charge in [-0.1, -0.05) is 42.1 Å². The van der Waals surface area contributed by atoms with Crippen LogP contribution in [0.1, 0.15) is 64.8 Å². The van der Waals surface area contributed by atoms with Crippen molar-refractivity contribution in [2.45, 2.75) is 57.6 Å². The van der Waals surface area contributed by atoms with Gasteiger partial charge in [0.1, 0.15) is 11.9 Å². The molecule has 1 saturated heterocycles. The summed E-state index contributed by atoms with van der Waals surface area (Å²) in [7, 11) is 0. The highest BCUT2D eigenvalue weighted by molar-refractivity contribution is 6.32. The number of amides is 2. The Bertz CT molecular complexity index is 948. The minimum absolute atomic E-state index is 0.00257. The van der Waals surface area contributed by atoms with Crippen LogP contribution in [0.4, 0.5) is 0 Å². The summed E-state index contributed by atoms with van der Waals surface area (Å²) in [6.07, 6.45) is 5.94. The molecule has 2 aliphatic rings. The summed E-state index contributed by atoms with van der Waals surface area (Å²) in [6, 6.07) is 13.2. The van der Waals surface area contributed by atoms with Crippen molar-refractivity contribution in [3.05, 3.63) is 64.2 Å². The Balaban J connectivity index is 1.31. The van der Waals surface area contributed by atoms with Crippen LogP contribution in [0.2, 0.25) is 5.02 Å². The number of halogens is 1. The van der Waals surface area contributed by atoms with Crippen LogP contribution in [0, 0.1) is 6.92 Å². The zero-order valence-corrected chi connectivity index (χ0v) is 18.7. The maximum atomic E-state index is 12.7. The fraction of sp³-hybridized carbons (Fsp3) is 0.440. The summed E-state index contributed by atoms with van der Waals surface area (Å²) in [4.78, 5) is 27.0. The van der Waals surface area contributed by atoms with Crippen LogP contribution >= 0.6 is 11.6 Å². The highest BCUT2D eigenvalue weighted by atomic mass is 35.5. The molecule has 2 aromatic carbocycles. The van der Waals surface area contributed by atoms with Gasteiger partial charge in [0.25, 0.3) is 11.8 Å². The van der Waals surface area contributed by atoms with E-state index in [-0.39, 0.29) is 24.0 Å². The molecular weight excluding hydrogens is 412 g/mol. The number of hydrogen-bond acceptors (Lipinski definition) is 3. The number of nitrogens with zero attached hydrogens (tertiary/aromatic N) is 1. The summed E-state index contributed by atoms with van der Waals surface area (Å²) in [5.41, 5.74) is 2.37. The van der Waals surface area contributed by atoms with Crippen LogP contribution in [0.5, 0.6) is 5.75 Å². The van der Waals surface area contributed by atoms with Crippen molar-refractivity contribution in [3.8, 4) is 5.75 Å². The number of rotatable bonds is 5. The Morgan fingerprint density at radius 3 is 2.42 bits per heavy atom. The predicted octanol–water partition coefficient (Wildman–Crippen LogP) is 5.00. The topological polar surface area (TPSA) is 58.6 Å². The minimum atomic E-state index is -0.0803. The lowest BCUT2D eigenvalue weighted by atomic mass is 10.1. The van der Waals surface area contributed by atoms with Crippen molar-refractivity contribution >= 4 is 23.4 Å². The highest BCUT2D eigenvalue weighted by Crippen LogP contribution is 2.29. The maximum absolute atomic E-state index is 12.7. The van der Waals surface area contributed by atoms with E-state index in [1.165, 1.54) is 12.8 Å². The van der Waals surface area contributed by atoms with E-state index in [1.54, 1.807) is 18.2 Å². The number of hydrogen-bond donors (Lipinski definition) is 1. The molecule has 0 atom stereocenters. The third kappa shape index (κ3) is 5.40. The first-order valence-electron chi connectivity index (χ1n) is 11.1. The van der Waals surface area contributed by atoms with Gasteiger partial charge in [0.2, 0.25) is 0 Å². The second-order valence-corrected chi connectivity index (χ2v) is 8.99. The normalized spacial score (nSPS) is 17.5. The summed E-state index contributed by atoms with van der Waals surface area (Å²) >= 11 is 6.41. The molecule has 2 fully saturated rings. The molecule has 1 N–H and O–H groups in total. The van der Waals surface area contributed by atoms with Gasteiger partial charge < -0.3 is 15.0 Å². The van der Waals surface area contributed by atoms with Crippen LogP contribution in [-0.4, -0.2) is 41.9 Å². The minimum Gasteiger partial charge on any atom is -0.489 e. The lowest BCUT2D eigenvalue weighted by Gasteiger charge is -2.32. The number of carbonyl (C=O) groups is 2. The number of piperidine rings is 1. The molecule has 0 bridgehead atoms. The smallest absolute Gasteiger partial charge is 0.253 e. The van der Waals surface area contributed by atoms with E-state index in [4.69, 9.17) is 16.3 Å². The van der Waals surface area contributed by atoms with Crippen molar-refractivity contribution < 1.29 is 14.3 Å². The van der Waals surface area contributed by atoms with E-state index < -0.39 is 0 Å². The average molecular weight is 441 g/mol. The van der Waals surface area contributed by atoms with Crippen LogP contribution in [0.25, 0.3) is 0 Å². The zero-order chi connectivity index (χ0) is 21.8. The molecule has 1 aliphatic carbocycles. The van der Waals surface area contributed by atoms with Gasteiger partial charge in [-0.2, -0.15) is 0 Å². The first-order valence-corrected chi connectivity index (χ1v) is 11.5. The molecule has 2 aromatic rings. The monoisotopic (exact) mass is 440 g/mol. The predicted molar refractivity (Wildman–Crippen MR) is 122 cm³/mol. The Morgan fingerprint density at radius 2 is 1.74 bits per heavy atom. The van der Waals surface area contributed by atoms with Gasteiger partial charge in [-0.15, -0.1) is 0 Å². The molecule has 2 amide bonds. The molecular formula is C25H29ClN2O3. The SMILES string of the molecule is Cc1cccc(C(=O)N2CCC(Oc3ccc(C(=O)NC4CCCC4)cc3Cl)CC2)c1. The van der Waals surface area contributed by atoms with Gasteiger partial charge >= 0.3 is 0 Å². The molecule has 1 aliphatic heterocycles. The third-order valence-electron chi connectivity index (χ3n) is 6.17. The number of likely N-dealkylation sites (tertiary alicyclic amines) is 1. The van der Waals surface area contributed by atoms with Gasteiger partial charge in [-0.25, -0.2) is 0 Å². The average Bonchev–Trinajstić information content (AvgIpc) is 3.28. The van der Waals surface area contributed by atoms with Crippen LogP contribution in [-0.2, 0) is 0 Å². The maximum Gasteiger partial charge on any atom is 0.253 e. The number of benzene rings is 2. The van der Waals surface area contributed by atoms with Gasteiger partial charge in [0, 0.05) is 43.1 Å². The molecule has 0 aromatic heterocycles. The van der Waals surface area contributed by atoms with E-state index in [0.29, 0.717) is 29.4 Å². The van der Waals surface area contributed by atoms with Crippen LogP contribution < -0.4 is 10.1 Å². The summed E-state index contributed by atoms with van der Waals surface area (Å²) < 4.78 is 6.11. The van der Waals surface area contributed by atoms with E-state index in [9.17, 15) is 9.59 Å². The number of aryl methyl sites for hydroxylation is 1. The fourth-order valence-electron chi connectivity index (χ4n) is 4.39. The molecule has 0 unspecified atom stereocenters. The van der Waals surface area contributed by atoms with Crippen LogP contribution in [0.3, 0.4) is 0 Å².